The Kier molecular flexibility index (Phi) is 7.60. The number of carbonyl (C=O) groups excluding carboxylic acids is 3. The van der Waals surface area contributed by atoms with E-state index in [1.165, 1.54) is 20.8 Å². The molecule has 0 saturated carbocycles. The first-order valence-electron chi connectivity index (χ1n) is 7.52. The van der Waals surface area contributed by atoms with Crippen LogP contribution in [0.1, 0.15) is 27.2 Å². The van der Waals surface area contributed by atoms with Crippen molar-refractivity contribution in [3.63, 3.8) is 0 Å². The van der Waals surface area contributed by atoms with Gasteiger partial charge in [0, 0.05) is 12.2 Å². The van der Waals surface area contributed by atoms with Gasteiger partial charge in [-0.3, -0.25) is 4.79 Å². The van der Waals surface area contributed by atoms with Crippen molar-refractivity contribution in [2.45, 2.75) is 57.7 Å². The van der Waals surface area contributed by atoms with E-state index in [2.05, 4.69) is 0 Å². The Morgan fingerprint density at radius 3 is 1.83 bits per heavy atom. The summed E-state index contributed by atoms with van der Waals surface area (Å²) in [5.74, 6) is -2.22. The summed E-state index contributed by atoms with van der Waals surface area (Å²) < 4.78 is 14.9. The maximum Gasteiger partial charge on any atom is 0.330 e. The molecule has 1 aliphatic heterocycles. The molecule has 0 aromatic rings. The van der Waals surface area contributed by atoms with Crippen LogP contribution < -0.4 is 0 Å². The molecule has 134 valence electrons. The van der Waals surface area contributed by atoms with Gasteiger partial charge in [-0.1, -0.05) is 0 Å². The molecule has 0 aliphatic carbocycles. The average molecular weight is 342 g/mol. The molecule has 0 radical (unpaired) electrons. The molecule has 1 rings (SSSR count). The van der Waals surface area contributed by atoms with Crippen molar-refractivity contribution in [2.75, 3.05) is 0 Å². The summed E-state index contributed by atoms with van der Waals surface area (Å²) in [7, 11) is 0. The first-order valence-corrected chi connectivity index (χ1v) is 7.52. The fourth-order valence-corrected chi connectivity index (χ4v) is 1.80. The molecule has 8 heteroatoms. The van der Waals surface area contributed by atoms with Gasteiger partial charge in [0.25, 0.3) is 0 Å². The van der Waals surface area contributed by atoms with Crippen LogP contribution in [-0.4, -0.2) is 58.6 Å². The zero-order valence-corrected chi connectivity index (χ0v) is 13.7. The number of aliphatic hydroxyl groups excluding tert-OH is 2. The molecule has 0 spiro atoms. The number of hydrogen-bond acceptors (Lipinski definition) is 8. The van der Waals surface area contributed by atoms with E-state index in [-0.39, 0.29) is 6.42 Å². The lowest BCUT2D eigenvalue weighted by Gasteiger charge is -2.19. The van der Waals surface area contributed by atoms with Crippen molar-refractivity contribution < 1.29 is 38.8 Å². The number of cyclic esters (lactones) is 3. The third-order valence-electron chi connectivity index (χ3n) is 3.21. The van der Waals surface area contributed by atoms with Gasteiger partial charge < -0.3 is 24.4 Å². The van der Waals surface area contributed by atoms with Gasteiger partial charge in [-0.2, -0.15) is 0 Å². The largest absolute Gasteiger partial charge is 0.459 e. The Bertz CT molecular complexity index is 524. The molecule has 8 nitrogen and oxygen atoms in total. The number of aliphatic hydroxyl groups is 2. The Morgan fingerprint density at radius 1 is 0.833 bits per heavy atom. The summed E-state index contributed by atoms with van der Waals surface area (Å²) in [6, 6.07) is 0. The monoisotopic (exact) mass is 342 g/mol. The second kappa shape index (κ2) is 9.19. The Labute approximate surface area is 139 Å². The summed E-state index contributed by atoms with van der Waals surface area (Å²) in [5, 5.41) is 19.6. The summed E-state index contributed by atoms with van der Waals surface area (Å²) in [6.45, 7) is 4.41. The van der Waals surface area contributed by atoms with E-state index in [0.717, 1.165) is 24.3 Å². The lowest BCUT2D eigenvalue weighted by molar-refractivity contribution is -0.157. The summed E-state index contributed by atoms with van der Waals surface area (Å²) >= 11 is 0. The molecule has 0 unspecified atom stereocenters. The minimum Gasteiger partial charge on any atom is -0.459 e. The smallest absolute Gasteiger partial charge is 0.330 e. The Hall–Kier alpha value is -2.19. The minimum absolute atomic E-state index is 0.193. The lowest BCUT2D eigenvalue weighted by atomic mass is 10.2. The van der Waals surface area contributed by atoms with E-state index in [9.17, 15) is 24.6 Å². The first-order chi connectivity index (χ1) is 11.2. The molecule has 0 aromatic heterocycles. The summed E-state index contributed by atoms with van der Waals surface area (Å²) in [6.07, 6.45) is -0.961. The highest BCUT2D eigenvalue weighted by molar-refractivity contribution is 5.83. The molecule has 0 aromatic carbocycles. The van der Waals surface area contributed by atoms with Crippen molar-refractivity contribution in [3.05, 3.63) is 24.3 Å². The quantitative estimate of drug-likeness (QED) is 0.467. The van der Waals surface area contributed by atoms with Gasteiger partial charge in [0.1, 0.15) is 30.5 Å². The molecule has 24 heavy (non-hydrogen) atoms. The zero-order valence-electron chi connectivity index (χ0n) is 13.7. The summed E-state index contributed by atoms with van der Waals surface area (Å²) in [5.41, 5.74) is 0. The van der Waals surface area contributed by atoms with Crippen LogP contribution in [-0.2, 0) is 28.6 Å². The highest BCUT2D eigenvalue weighted by Gasteiger charge is 2.21. The van der Waals surface area contributed by atoms with Crippen LogP contribution in [0.15, 0.2) is 24.3 Å². The van der Waals surface area contributed by atoms with Gasteiger partial charge in [-0.05, 0) is 32.9 Å². The Morgan fingerprint density at radius 2 is 1.29 bits per heavy atom. The van der Waals surface area contributed by atoms with E-state index in [4.69, 9.17) is 14.2 Å². The van der Waals surface area contributed by atoms with E-state index in [0.29, 0.717) is 0 Å². The zero-order chi connectivity index (χ0) is 18.3. The number of ether oxygens (including phenoxy) is 3. The maximum absolute atomic E-state index is 11.7. The summed E-state index contributed by atoms with van der Waals surface area (Å²) in [4.78, 5) is 34.9. The van der Waals surface area contributed by atoms with Crippen LogP contribution in [0.5, 0.6) is 0 Å². The maximum atomic E-state index is 11.7. The van der Waals surface area contributed by atoms with Gasteiger partial charge in [0.15, 0.2) is 0 Å². The van der Waals surface area contributed by atoms with Crippen LogP contribution in [0.4, 0.5) is 0 Å². The van der Waals surface area contributed by atoms with Gasteiger partial charge in [-0.25, -0.2) is 9.59 Å². The Balaban J connectivity index is 2.91. The van der Waals surface area contributed by atoms with Crippen LogP contribution in [0.25, 0.3) is 0 Å². The van der Waals surface area contributed by atoms with Gasteiger partial charge in [-0.15, -0.1) is 0 Å². The molecule has 1 aliphatic rings. The van der Waals surface area contributed by atoms with Crippen molar-refractivity contribution in [1.29, 1.82) is 0 Å². The van der Waals surface area contributed by atoms with Crippen LogP contribution in [0.2, 0.25) is 0 Å². The SMILES string of the molecule is C[C@H]1CC(=O)O[C@H](C)[C@@H](O)/C=C/C(=O)O[C@H](C)[C@@H](O)/C=C/C(=O)O1. The van der Waals surface area contributed by atoms with E-state index >= 15 is 0 Å². The molecule has 0 amide bonds. The molecular weight excluding hydrogens is 320 g/mol. The van der Waals surface area contributed by atoms with Crippen LogP contribution in [0, 0.1) is 0 Å². The van der Waals surface area contributed by atoms with Crippen LogP contribution in [0.3, 0.4) is 0 Å². The molecule has 1 heterocycles. The number of rotatable bonds is 0. The van der Waals surface area contributed by atoms with Gasteiger partial charge in [0.05, 0.1) is 6.42 Å². The second-order valence-electron chi connectivity index (χ2n) is 5.49. The number of carbonyl (C=O) groups is 3. The van der Waals surface area contributed by atoms with Crippen molar-refractivity contribution >= 4 is 17.9 Å². The van der Waals surface area contributed by atoms with Crippen molar-refractivity contribution in [3.8, 4) is 0 Å². The molecular formula is C16H22O8. The third kappa shape index (κ3) is 6.93. The molecule has 0 saturated heterocycles. The first kappa shape index (κ1) is 19.9. The van der Waals surface area contributed by atoms with E-state index in [1.54, 1.807) is 0 Å². The predicted molar refractivity (Wildman–Crippen MR) is 81.6 cm³/mol. The molecule has 2 N–H and O–H groups in total. The fourth-order valence-electron chi connectivity index (χ4n) is 1.80. The van der Waals surface area contributed by atoms with Crippen molar-refractivity contribution in [2.24, 2.45) is 0 Å². The number of hydrogen-bond donors (Lipinski definition) is 2. The average Bonchev–Trinajstić information content (AvgIpc) is 2.48. The lowest BCUT2D eigenvalue weighted by Crippen LogP contribution is -2.30. The highest BCUT2D eigenvalue weighted by Crippen LogP contribution is 2.08. The highest BCUT2D eigenvalue weighted by atomic mass is 16.6. The standard InChI is InChI=1S/C16H22O8/c1-9-8-16(21)24-11(3)13(18)5-7-15(20)23-10(2)12(17)4-6-14(19)22-9/h4-7,9-13,17-18H,8H2,1-3H3/b6-4+,7-5+/t9-,10+,11+,12-,13-/m0/s1. The van der Waals surface area contributed by atoms with E-state index < -0.39 is 48.4 Å². The molecule has 0 fully saturated rings. The number of esters is 3. The molecule has 5 atom stereocenters. The predicted octanol–water partition coefficient (Wildman–Crippen LogP) is 0.0194. The fraction of sp³-hybridized carbons (Fsp3) is 0.562. The minimum atomic E-state index is -1.22. The van der Waals surface area contributed by atoms with Crippen molar-refractivity contribution in [1.82, 2.24) is 0 Å². The second-order valence-corrected chi connectivity index (χ2v) is 5.49. The van der Waals surface area contributed by atoms with Gasteiger partial charge >= 0.3 is 17.9 Å². The third-order valence-corrected chi connectivity index (χ3v) is 3.21. The topological polar surface area (TPSA) is 119 Å². The normalized spacial score (nSPS) is 36.2. The van der Waals surface area contributed by atoms with Gasteiger partial charge in [0.2, 0.25) is 0 Å². The van der Waals surface area contributed by atoms with Crippen LogP contribution >= 0.6 is 0 Å². The van der Waals surface area contributed by atoms with E-state index in [1.807, 2.05) is 0 Å². The molecule has 0 bridgehead atoms.